The van der Waals surface area contributed by atoms with E-state index in [4.69, 9.17) is 9.47 Å². The second kappa shape index (κ2) is 7.47. The number of imidazole rings is 1. The minimum atomic E-state index is 0.310. The number of benzene rings is 1. The van der Waals surface area contributed by atoms with Crippen LogP contribution in [0.1, 0.15) is 30.5 Å². The van der Waals surface area contributed by atoms with Crippen LogP contribution in [0.2, 0.25) is 0 Å². The van der Waals surface area contributed by atoms with Crippen molar-refractivity contribution in [2.24, 2.45) is 5.92 Å². The zero-order valence-corrected chi connectivity index (χ0v) is 16.0. The smallest absolute Gasteiger partial charge is 0.231 e. The highest BCUT2D eigenvalue weighted by Gasteiger charge is 2.39. The number of nitrogens with one attached hydrogen (secondary N) is 1. The molecule has 3 aliphatic rings. The second-order valence-corrected chi connectivity index (χ2v) is 7.99. The maximum Gasteiger partial charge on any atom is 0.231 e. The van der Waals surface area contributed by atoms with E-state index in [1.54, 1.807) is 6.33 Å². The predicted molar refractivity (Wildman–Crippen MR) is 103 cm³/mol. The molecule has 0 radical (unpaired) electrons. The van der Waals surface area contributed by atoms with Gasteiger partial charge >= 0.3 is 0 Å². The quantitative estimate of drug-likeness (QED) is 0.858. The van der Waals surface area contributed by atoms with Crippen molar-refractivity contribution < 1.29 is 14.3 Å². The van der Waals surface area contributed by atoms with Crippen molar-refractivity contribution in [3.8, 4) is 11.5 Å². The summed E-state index contributed by atoms with van der Waals surface area (Å²) in [6, 6.07) is 6.59. The van der Waals surface area contributed by atoms with Crippen molar-refractivity contribution in [1.29, 1.82) is 0 Å². The minimum Gasteiger partial charge on any atom is -0.454 e. The maximum atomic E-state index is 12.6. The number of rotatable bonds is 5. The molecule has 1 amide bonds. The van der Waals surface area contributed by atoms with Gasteiger partial charge in [-0.1, -0.05) is 6.07 Å². The largest absolute Gasteiger partial charge is 0.454 e. The molecule has 7 heteroatoms. The van der Waals surface area contributed by atoms with Crippen LogP contribution in [0.15, 0.2) is 30.7 Å². The van der Waals surface area contributed by atoms with Gasteiger partial charge < -0.3 is 19.4 Å². The van der Waals surface area contributed by atoms with Gasteiger partial charge in [0.25, 0.3) is 0 Å². The molecule has 3 aliphatic heterocycles. The number of carbonyl (C=O) groups excluding carboxylic acids is 1. The lowest BCUT2D eigenvalue weighted by Gasteiger charge is -2.47. The molecule has 1 aromatic heterocycles. The number of aromatic amines is 1. The van der Waals surface area contributed by atoms with Crippen LogP contribution in [0.5, 0.6) is 11.5 Å². The molecular formula is C21H26N4O3. The summed E-state index contributed by atoms with van der Waals surface area (Å²) in [4.78, 5) is 24.4. The SMILES string of the molecule is O=C1CC[C@@H]2CN(Cc3ccc4c(c3)OCO4)CC[C@@H]2N1CCc1cnc[nH]1. The fourth-order valence-corrected chi connectivity index (χ4v) is 4.82. The van der Waals surface area contributed by atoms with Crippen LogP contribution in [0.3, 0.4) is 0 Å². The first-order chi connectivity index (χ1) is 13.8. The molecule has 5 rings (SSSR count). The van der Waals surface area contributed by atoms with Crippen molar-refractivity contribution in [2.45, 2.75) is 38.3 Å². The second-order valence-electron chi connectivity index (χ2n) is 7.99. The molecule has 28 heavy (non-hydrogen) atoms. The molecule has 148 valence electrons. The van der Waals surface area contributed by atoms with Gasteiger partial charge in [-0.15, -0.1) is 0 Å². The molecule has 7 nitrogen and oxygen atoms in total. The molecule has 2 saturated heterocycles. The molecule has 2 fully saturated rings. The van der Waals surface area contributed by atoms with E-state index in [0.717, 1.165) is 62.6 Å². The van der Waals surface area contributed by atoms with Crippen LogP contribution in [0, 0.1) is 5.92 Å². The monoisotopic (exact) mass is 382 g/mol. The van der Waals surface area contributed by atoms with Gasteiger partial charge in [-0.3, -0.25) is 9.69 Å². The Morgan fingerprint density at radius 1 is 1.21 bits per heavy atom. The Hall–Kier alpha value is -2.54. The Bertz CT molecular complexity index is 838. The zero-order chi connectivity index (χ0) is 18.9. The Kier molecular flexibility index (Phi) is 4.68. The fourth-order valence-electron chi connectivity index (χ4n) is 4.82. The van der Waals surface area contributed by atoms with Crippen LogP contribution in [-0.4, -0.2) is 58.1 Å². The third-order valence-corrected chi connectivity index (χ3v) is 6.25. The molecule has 1 N–H and O–H groups in total. The van der Waals surface area contributed by atoms with Gasteiger partial charge in [-0.05, 0) is 36.5 Å². The minimum absolute atomic E-state index is 0.310. The summed E-state index contributed by atoms with van der Waals surface area (Å²) in [6.45, 7) is 4.08. The number of aromatic nitrogens is 2. The van der Waals surface area contributed by atoms with E-state index >= 15 is 0 Å². The van der Waals surface area contributed by atoms with Gasteiger partial charge in [0, 0.05) is 57.0 Å². The molecule has 1 aromatic carbocycles. The summed E-state index contributed by atoms with van der Waals surface area (Å²) in [5, 5.41) is 0. The fraction of sp³-hybridized carbons (Fsp3) is 0.524. The third kappa shape index (κ3) is 3.46. The van der Waals surface area contributed by atoms with E-state index in [-0.39, 0.29) is 0 Å². The number of fused-ring (bicyclic) bond motifs is 2. The number of nitrogens with zero attached hydrogens (tertiary/aromatic N) is 3. The van der Waals surface area contributed by atoms with E-state index in [1.165, 1.54) is 5.56 Å². The topological polar surface area (TPSA) is 70.7 Å². The molecule has 4 heterocycles. The lowest BCUT2D eigenvalue weighted by Crippen LogP contribution is -2.56. The summed E-state index contributed by atoms with van der Waals surface area (Å²) in [6.07, 6.45) is 7.11. The number of H-pyrrole nitrogens is 1. The van der Waals surface area contributed by atoms with Crippen molar-refractivity contribution in [2.75, 3.05) is 26.4 Å². The number of carbonyl (C=O) groups is 1. The molecule has 0 saturated carbocycles. The molecule has 0 bridgehead atoms. The average molecular weight is 382 g/mol. The molecular weight excluding hydrogens is 356 g/mol. The predicted octanol–water partition coefficient (Wildman–Crippen LogP) is 2.19. The number of likely N-dealkylation sites (tertiary alicyclic amines) is 2. The van der Waals surface area contributed by atoms with Gasteiger partial charge in [0.2, 0.25) is 12.7 Å². The van der Waals surface area contributed by atoms with Crippen molar-refractivity contribution in [1.82, 2.24) is 19.8 Å². The van der Waals surface area contributed by atoms with E-state index in [0.29, 0.717) is 31.1 Å². The van der Waals surface area contributed by atoms with Crippen molar-refractivity contribution >= 4 is 5.91 Å². The Labute approximate surface area is 164 Å². The van der Waals surface area contributed by atoms with Crippen LogP contribution in [0.25, 0.3) is 0 Å². The van der Waals surface area contributed by atoms with Crippen molar-refractivity contribution in [3.05, 3.63) is 42.0 Å². The first kappa shape index (κ1) is 17.6. The number of hydrogen-bond donors (Lipinski definition) is 1. The molecule has 2 aromatic rings. The number of amides is 1. The Morgan fingerprint density at radius 3 is 3.04 bits per heavy atom. The summed E-state index contributed by atoms with van der Waals surface area (Å²) in [7, 11) is 0. The van der Waals surface area contributed by atoms with Gasteiger partial charge in [0.1, 0.15) is 0 Å². The summed E-state index contributed by atoms with van der Waals surface area (Å²) < 4.78 is 10.9. The molecule has 0 aliphatic carbocycles. The first-order valence-electron chi connectivity index (χ1n) is 10.1. The number of piperidine rings is 2. The van der Waals surface area contributed by atoms with Gasteiger partial charge in [-0.25, -0.2) is 4.98 Å². The van der Waals surface area contributed by atoms with Crippen LogP contribution < -0.4 is 9.47 Å². The molecule has 0 unspecified atom stereocenters. The summed E-state index contributed by atoms with van der Waals surface area (Å²) in [5.74, 6) is 2.55. The molecule has 0 spiro atoms. The third-order valence-electron chi connectivity index (χ3n) is 6.25. The number of ether oxygens (including phenoxy) is 2. The highest BCUT2D eigenvalue weighted by atomic mass is 16.7. The average Bonchev–Trinajstić information content (AvgIpc) is 3.38. The van der Waals surface area contributed by atoms with Gasteiger partial charge in [-0.2, -0.15) is 0 Å². The zero-order valence-electron chi connectivity index (χ0n) is 16.0. The summed E-state index contributed by atoms with van der Waals surface area (Å²) >= 11 is 0. The summed E-state index contributed by atoms with van der Waals surface area (Å²) in [5.41, 5.74) is 2.35. The van der Waals surface area contributed by atoms with Crippen LogP contribution in [-0.2, 0) is 17.8 Å². The van der Waals surface area contributed by atoms with Crippen molar-refractivity contribution in [3.63, 3.8) is 0 Å². The van der Waals surface area contributed by atoms with E-state index in [2.05, 4.69) is 31.9 Å². The highest BCUT2D eigenvalue weighted by Crippen LogP contribution is 2.35. The maximum absolute atomic E-state index is 12.6. The van der Waals surface area contributed by atoms with Gasteiger partial charge in [0.15, 0.2) is 11.5 Å². The number of hydrogen-bond acceptors (Lipinski definition) is 5. The van der Waals surface area contributed by atoms with E-state index in [9.17, 15) is 4.79 Å². The van der Waals surface area contributed by atoms with E-state index in [1.807, 2.05) is 12.3 Å². The lowest BCUT2D eigenvalue weighted by atomic mass is 9.83. The lowest BCUT2D eigenvalue weighted by molar-refractivity contribution is -0.141. The Balaban J connectivity index is 1.21. The highest BCUT2D eigenvalue weighted by molar-refractivity contribution is 5.77. The Morgan fingerprint density at radius 2 is 2.14 bits per heavy atom. The van der Waals surface area contributed by atoms with Gasteiger partial charge in [0.05, 0.1) is 6.33 Å². The molecule has 2 atom stereocenters. The first-order valence-corrected chi connectivity index (χ1v) is 10.1. The van der Waals surface area contributed by atoms with E-state index < -0.39 is 0 Å². The van der Waals surface area contributed by atoms with Crippen LogP contribution in [0.4, 0.5) is 0 Å². The normalized spacial score (nSPS) is 24.4. The van der Waals surface area contributed by atoms with Crippen LogP contribution >= 0.6 is 0 Å². The standard InChI is InChI=1S/C21H26N4O3/c26-21-4-2-16-12-24(11-15-1-3-19-20(9-15)28-14-27-19)7-6-18(16)25(21)8-5-17-10-22-13-23-17/h1,3,9-10,13,16,18H,2,4-8,11-12,14H2,(H,22,23)/t16-,18+/m1/s1.